The molecule has 126 valence electrons. The Bertz CT molecular complexity index is 788. The van der Waals surface area contributed by atoms with Gasteiger partial charge in [-0.15, -0.1) is 11.3 Å². The molecule has 1 atom stereocenters. The molecule has 6 heteroatoms. The van der Waals surface area contributed by atoms with Crippen LogP contribution in [0.25, 0.3) is 0 Å². The van der Waals surface area contributed by atoms with Gasteiger partial charge in [0, 0.05) is 12.1 Å². The van der Waals surface area contributed by atoms with E-state index >= 15 is 0 Å². The number of amides is 1. The molecular formula is C18H18BrNO3S. The molecule has 24 heavy (non-hydrogen) atoms. The van der Waals surface area contributed by atoms with Gasteiger partial charge in [-0.1, -0.05) is 31.5 Å². The largest absolute Gasteiger partial charge is 0.375 e. The van der Waals surface area contributed by atoms with Crippen LogP contribution in [0.5, 0.6) is 0 Å². The predicted molar refractivity (Wildman–Crippen MR) is 98.6 cm³/mol. The van der Waals surface area contributed by atoms with Gasteiger partial charge in [-0.25, -0.2) is 0 Å². The van der Waals surface area contributed by atoms with Crippen LogP contribution >= 0.6 is 27.3 Å². The monoisotopic (exact) mass is 407 g/mol. The summed E-state index contributed by atoms with van der Waals surface area (Å²) in [6, 6.07) is 10.7. The van der Waals surface area contributed by atoms with Gasteiger partial charge >= 0.3 is 0 Å². The lowest BCUT2D eigenvalue weighted by molar-refractivity contribution is -0.135. The number of nitrogens with zero attached hydrogens (tertiary/aromatic N) is 1. The van der Waals surface area contributed by atoms with Crippen LogP contribution in [0.1, 0.15) is 41.4 Å². The fourth-order valence-electron chi connectivity index (χ4n) is 3.00. The molecule has 0 saturated carbocycles. The zero-order valence-electron chi connectivity index (χ0n) is 13.3. The van der Waals surface area contributed by atoms with E-state index in [-0.39, 0.29) is 12.2 Å². The number of carbonyl (C=O) groups excluding carboxylic acids is 2. The van der Waals surface area contributed by atoms with Gasteiger partial charge in [-0.2, -0.15) is 0 Å². The van der Waals surface area contributed by atoms with Crippen LogP contribution in [0, 0.1) is 0 Å². The highest BCUT2D eigenvalue weighted by Gasteiger charge is 2.50. The Labute approximate surface area is 153 Å². The van der Waals surface area contributed by atoms with Crippen molar-refractivity contribution in [3.05, 3.63) is 50.6 Å². The number of rotatable bonds is 6. The van der Waals surface area contributed by atoms with E-state index in [1.165, 1.54) is 11.3 Å². The summed E-state index contributed by atoms with van der Waals surface area (Å²) in [7, 11) is 0. The van der Waals surface area contributed by atoms with Crippen molar-refractivity contribution in [2.24, 2.45) is 0 Å². The molecule has 2 heterocycles. The molecule has 1 unspecified atom stereocenters. The number of thiophene rings is 1. The number of ketones is 1. The molecule has 1 aromatic heterocycles. The standard InChI is InChI=1S/C18H18BrNO3S/c1-2-3-10-20-13-7-5-4-6-12(13)18(23,17(20)22)11-14(21)15-8-9-16(19)24-15/h4-9,23H,2-3,10-11H2,1H3. The lowest BCUT2D eigenvalue weighted by Crippen LogP contribution is -2.42. The third kappa shape index (κ3) is 2.94. The summed E-state index contributed by atoms with van der Waals surface area (Å²) in [5.41, 5.74) is -0.550. The van der Waals surface area contributed by atoms with Crippen LogP contribution in [0.4, 0.5) is 5.69 Å². The van der Waals surface area contributed by atoms with Crippen molar-refractivity contribution in [1.82, 2.24) is 0 Å². The third-order valence-electron chi connectivity index (χ3n) is 4.24. The first-order valence-corrected chi connectivity index (χ1v) is 9.50. The van der Waals surface area contributed by atoms with Crippen LogP contribution in [0.2, 0.25) is 0 Å². The van der Waals surface area contributed by atoms with Gasteiger partial charge in [0.05, 0.1) is 20.8 Å². The van der Waals surface area contributed by atoms with E-state index in [9.17, 15) is 14.7 Å². The van der Waals surface area contributed by atoms with E-state index in [0.29, 0.717) is 22.7 Å². The summed E-state index contributed by atoms with van der Waals surface area (Å²) in [6.07, 6.45) is 1.56. The molecule has 0 bridgehead atoms. The Morgan fingerprint density at radius 2 is 2.04 bits per heavy atom. The first kappa shape index (κ1) is 17.3. The topological polar surface area (TPSA) is 57.6 Å². The Balaban J connectivity index is 1.93. The molecule has 0 radical (unpaired) electrons. The molecule has 1 aromatic carbocycles. The predicted octanol–water partition coefficient (Wildman–Crippen LogP) is 4.12. The molecule has 4 nitrogen and oxygen atoms in total. The lowest BCUT2D eigenvalue weighted by atomic mass is 9.89. The molecule has 0 fully saturated rings. The van der Waals surface area contributed by atoms with Crippen molar-refractivity contribution < 1.29 is 14.7 Å². The number of para-hydroxylation sites is 1. The first-order chi connectivity index (χ1) is 11.5. The van der Waals surface area contributed by atoms with Gasteiger partial charge in [0.1, 0.15) is 0 Å². The van der Waals surface area contributed by atoms with E-state index in [1.807, 2.05) is 12.1 Å². The number of unbranched alkanes of at least 4 members (excludes halogenated alkanes) is 1. The van der Waals surface area contributed by atoms with Crippen LogP contribution < -0.4 is 4.90 Å². The average Bonchev–Trinajstić information content (AvgIpc) is 3.09. The first-order valence-electron chi connectivity index (χ1n) is 7.89. The molecule has 1 amide bonds. The number of benzene rings is 1. The second kappa shape index (κ2) is 6.78. The highest BCUT2D eigenvalue weighted by atomic mass is 79.9. The van der Waals surface area contributed by atoms with Crippen molar-refractivity contribution >= 4 is 44.6 Å². The second-order valence-corrected chi connectivity index (χ2v) is 8.35. The van der Waals surface area contributed by atoms with Crippen molar-refractivity contribution in [2.75, 3.05) is 11.4 Å². The SMILES string of the molecule is CCCCN1C(=O)C(O)(CC(=O)c2ccc(Br)s2)c2ccccc21. The molecule has 1 aliphatic heterocycles. The van der Waals surface area contributed by atoms with E-state index < -0.39 is 11.5 Å². The summed E-state index contributed by atoms with van der Waals surface area (Å²) in [4.78, 5) is 27.6. The lowest BCUT2D eigenvalue weighted by Gasteiger charge is -2.22. The number of hydrogen-bond acceptors (Lipinski definition) is 4. The van der Waals surface area contributed by atoms with Crippen molar-refractivity contribution in [3.63, 3.8) is 0 Å². The fourth-order valence-corrected chi connectivity index (χ4v) is 4.32. The van der Waals surface area contributed by atoms with Gasteiger partial charge in [0.25, 0.3) is 5.91 Å². The van der Waals surface area contributed by atoms with Gasteiger partial charge in [0.15, 0.2) is 11.4 Å². The smallest absolute Gasteiger partial charge is 0.264 e. The zero-order chi connectivity index (χ0) is 17.3. The van der Waals surface area contributed by atoms with Crippen molar-refractivity contribution in [2.45, 2.75) is 31.8 Å². The summed E-state index contributed by atoms with van der Waals surface area (Å²) in [5, 5.41) is 11.1. The van der Waals surface area contributed by atoms with E-state index in [2.05, 4.69) is 22.9 Å². The van der Waals surface area contributed by atoms with E-state index in [1.54, 1.807) is 29.2 Å². The number of Topliss-reactive ketones (excluding diaryl/α,β-unsaturated/α-hetero) is 1. The molecule has 1 aliphatic rings. The highest BCUT2D eigenvalue weighted by Crippen LogP contribution is 2.43. The van der Waals surface area contributed by atoms with Gasteiger partial charge < -0.3 is 10.0 Å². The minimum absolute atomic E-state index is 0.228. The maximum Gasteiger partial charge on any atom is 0.264 e. The third-order valence-corrected chi connectivity index (χ3v) is 5.90. The fraction of sp³-hybridized carbons (Fsp3) is 0.333. The normalized spacial score (nSPS) is 19.6. The molecule has 0 saturated heterocycles. The van der Waals surface area contributed by atoms with Gasteiger partial charge in [0.2, 0.25) is 0 Å². The summed E-state index contributed by atoms with van der Waals surface area (Å²) in [6.45, 7) is 2.60. The van der Waals surface area contributed by atoms with Gasteiger partial charge in [-0.05, 0) is 40.5 Å². The number of hydrogen-bond donors (Lipinski definition) is 1. The van der Waals surface area contributed by atoms with Crippen molar-refractivity contribution in [3.8, 4) is 0 Å². The number of aliphatic hydroxyl groups is 1. The Morgan fingerprint density at radius 3 is 2.71 bits per heavy atom. The van der Waals surface area contributed by atoms with Crippen LogP contribution in [0.3, 0.4) is 0 Å². The van der Waals surface area contributed by atoms with Crippen LogP contribution in [-0.2, 0) is 10.4 Å². The summed E-state index contributed by atoms with van der Waals surface area (Å²) >= 11 is 4.64. The minimum Gasteiger partial charge on any atom is -0.375 e. The quantitative estimate of drug-likeness (QED) is 0.732. The Kier molecular flexibility index (Phi) is 4.90. The molecule has 2 aromatic rings. The summed E-state index contributed by atoms with van der Waals surface area (Å²) in [5.74, 6) is -0.630. The Morgan fingerprint density at radius 1 is 1.29 bits per heavy atom. The summed E-state index contributed by atoms with van der Waals surface area (Å²) < 4.78 is 0.848. The molecule has 0 aliphatic carbocycles. The van der Waals surface area contributed by atoms with Gasteiger partial charge in [-0.3, -0.25) is 9.59 Å². The minimum atomic E-state index is -1.78. The molecular weight excluding hydrogens is 390 g/mol. The van der Waals surface area contributed by atoms with E-state index in [0.717, 1.165) is 16.6 Å². The molecule has 0 spiro atoms. The molecule has 3 rings (SSSR count). The Hall–Kier alpha value is -1.50. The second-order valence-electron chi connectivity index (χ2n) is 5.89. The van der Waals surface area contributed by atoms with Crippen LogP contribution in [-0.4, -0.2) is 23.3 Å². The number of anilines is 1. The van der Waals surface area contributed by atoms with Crippen molar-refractivity contribution in [1.29, 1.82) is 0 Å². The van der Waals surface area contributed by atoms with E-state index in [4.69, 9.17) is 0 Å². The highest BCUT2D eigenvalue weighted by molar-refractivity contribution is 9.11. The number of fused-ring (bicyclic) bond motifs is 1. The zero-order valence-corrected chi connectivity index (χ0v) is 15.7. The maximum atomic E-state index is 12.9. The van der Waals surface area contributed by atoms with Crippen LogP contribution in [0.15, 0.2) is 40.2 Å². The number of halogens is 1. The average molecular weight is 408 g/mol. The maximum absolute atomic E-state index is 12.9. The number of carbonyl (C=O) groups is 2. The molecule has 1 N–H and O–H groups in total.